The van der Waals surface area contributed by atoms with Crippen molar-refractivity contribution in [1.82, 2.24) is 0 Å². The van der Waals surface area contributed by atoms with E-state index in [9.17, 15) is 0 Å². The molecule has 2 aliphatic rings. The van der Waals surface area contributed by atoms with Crippen molar-refractivity contribution in [2.75, 3.05) is 6.61 Å². The molecule has 0 aromatic heterocycles. The molecule has 24 heavy (non-hydrogen) atoms. The molecule has 0 spiro atoms. The van der Waals surface area contributed by atoms with E-state index in [4.69, 9.17) is 14.2 Å². The van der Waals surface area contributed by atoms with Gasteiger partial charge in [0.1, 0.15) is 18.3 Å². The van der Waals surface area contributed by atoms with Crippen LogP contribution in [-0.2, 0) is 14.2 Å². The van der Waals surface area contributed by atoms with Gasteiger partial charge in [-0.3, -0.25) is 0 Å². The predicted molar refractivity (Wildman–Crippen MR) is 91.1 cm³/mol. The highest BCUT2D eigenvalue weighted by Gasteiger charge is 2.35. The van der Waals surface area contributed by atoms with Crippen molar-refractivity contribution in [2.24, 2.45) is 0 Å². The van der Waals surface area contributed by atoms with E-state index in [1.807, 2.05) is 72.8 Å². The lowest BCUT2D eigenvalue weighted by Gasteiger charge is -2.38. The lowest BCUT2D eigenvalue weighted by molar-refractivity contribution is -0.258. The van der Waals surface area contributed by atoms with Crippen molar-refractivity contribution in [3.63, 3.8) is 0 Å². The van der Waals surface area contributed by atoms with Crippen molar-refractivity contribution in [1.29, 1.82) is 0 Å². The summed E-state index contributed by atoms with van der Waals surface area (Å²) in [7, 11) is 0. The van der Waals surface area contributed by atoms with E-state index >= 15 is 0 Å². The van der Waals surface area contributed by atoms with Crippen LogP contribution in [0.5, 0.6) is 0 Å². The average molecular weight is 318 g/mol. The molecule has 0 aliphatic carbocycles. The summed E-state index contributed by atoms with van der Waals surface area (Å²) in [5.74, 6) is 6.28. The Morgan fingerprint density at radius 3 is 2.38 bits per heavy atom. The summed E-state index contributed by atoms with van der Waals surface area (Å²) in [4.78, 5) is 0. The summed E-state index contributed by atoms with van der Waals surface area (Å²) in [5.41, 5.74) is 2.01. The van der Waals surface area contributed by atoms with Gasteiger partial charge in [0, 0.05) is 11.1 Å². The fourth-order valence-electron chi connectivity index (χ4n) is 2.82. The van der Waals surface area contributed by atoms with Gasteiger partial charge in [-0.15, -0.1) is 0 Å². The Hall–Kier alpha value is -2.38. The molecule has 0 bridgehead atoms. The fraction of sp³-hybridized carbons (Fsp3) is 0.238. The molecule has 2 aromatic carbocycles. The zero-order valence-corrected chi connectivity index (χ0v) is 13.2. The number of hydrogen-bond acceptors (Lipinski definition) is 3. The van der Waals surface area contributed by atoms with E-state index in [-0.39, 0.29) is 24.6 Å². The first-order chi connectivity index (χ1) is 11.9. The van der Waals surface area contributed by atoms with E-state index in [1.165, 1.54) is 0 Å². The quantitative estimate of drug-likeness (QED) is 0.595. The van der Waals surface area contributed by atoms with E-state index in [2.05, 4.69) is 11.8 Å². The molecule has 3 heteroatoms. The molecular formula is C21H18O3. The van der Waals surface area contributed by atoms with Crippen molar-refractivity contribution < 1.29 is 14.2 Å². The van der Waals surface area contributed by atoms with Gasteiger partial charge in [-0.05, 0) is 18.2 Å². The van der Waals surface area contributed by atoms with Gasteiger partial charge in [0.2, 0.25) is 0 Å². The minimum absolute atomic E-state index is 0.0984. The first kappa shape index (κ1) is 15.2. The summed E-state index contributed by atoms with van der Waals surface area (Å²) in [5, 5.41) is 0. The third-order valence-electron chi connectivity index (χ3n) is 4.06. The highest BCUT2D eigenvalue weighted by molar-refractivity contribution is 5.35. The second-order valence-electron chi connectivity index (χ2n) is 5.79. The van der Waals surface area contributed by atoms with Crippen LogP contribution in [-0.4, -0.2) is 24.9 Å². The molecule has 4 atom stereocenters. The standard InChI is InChI=1S/C21H18O3/c1-3-7-16(8-4-1)11-12-18-13-14-19-20(23-18)15-22-21(24-19)17-9-5-2-6-10-17/h1-10,13-14,18-21H,15H2/t18-,19-,20-,21?/m1/s1. The molecule has 1 unspecified atom stereocenters. The molecule has 1 fully saturated rings. The number of rotatable bonds is 1. The molecule has 0 N–H and O–H groups in total. The van der Waals surface area contributed by atoms with Gasteiger partial charge in [-0.25, -0.2) is 0 Å². The monoisotopic (exact) mass is 318 g/mol. The van der Waals surface area contributed by atoms with Gasteiger partial charge in [0.25, 0.3) is 0 Å². The Bertz CT molecular complexity index is 758. The molecular weight excluding hydrogens is 300 g/mol. The Morgan fingerprint density at radius 2 is 1.58 bits per heavy atom. The van der Waals surface area contributed by atoms with Crippen molar-refractivity contribution in [3.8, 4) is 11.8 Å². The summed E-state index contributed by atoms with van der Waals surface area (Å²) in [6.07, 6.45) is 3.21. The SMILES string of the molecule is C(#C[C@@H]1C=C[C@H]2OC(c3ccccc3)OC[C@H]2O1)c1ccccc1. The van der Waals surface area contributed by atoms with Gasteiger partial charge < -0.3 is 14.2 Å². The van der Waals surface area contributed by atoms with Crippen LogP contribution in [0.25, 0.3) is 0 Å². The summed E-state index contributed by atoms with van der Waals surface area (Å²) >= 11 is 0. The van der Waals surface area contributed by atoms with Crippen LogP contribution in [0.3, 0.4) is 0 Å². The lowest BCUT2D eigenvalue weighted by Crippen LogP contribution is -2.45. The van der Waals surface area contributed by atoms with Crippen LogP contribution in [0.15, 0.2) is 72.8 Å². The molecule has 2 aliphatic heterocycles. The van der Waals surface area contributed by atoms with Gasteiger partial charge in [-0.1, -0.05) is 66.4 Å². The largest absolute Gasteiger partial charge is 0.353 e. The van der Waals surface area contributed by atoms with Crippen LogP contribution in [0.2, 0.25) is 0 Å². The lowest BCUT2D eigenvalue weighted by atomic mass is 10.1. The van der Waals surface area contributed by atoms with Gasteiger partial charge in [0.05, 0.1) is 6.61 Å². The van der Waals surface area contributed by atoms with Crippen molar-refractivity contribution >= 4 is 0 Å². The summed E-state index contributed by atoms with van der Waals surface area (Å²) in [6.45, 7) is 0.498. The van der Waals surface area contributed by atoms with Crippen LogP contribution >= 0.6 is 0 Å². The van der Waals surface area contributed by atoms with Crippen LogP contribution in [0.1, 0.15) is 17.4 Å². The molecule has 2 aromatic rings. The van der Waals surface area contributed by atoms with Crippen LogP contribution < -0.4 is 0 Å². The maximum absolute atomic E-state index is 6.01. The second-order valence-corrected chi connectivity index (χ2v) is 5.79. The Morgan fingerprint density at radius 1 is 0.833 bits per heavy atom. The molecule has 0 saturated carbocycles. The van der Waals surface area contributed by atoms with E-state index in [0.717, 1.165) is 11.1 Å². The summed E-state index contributed by atoms with van der Waals surface area (Å²) < 4.78 is 17.8. The van der Waals surface area contributed by atoms with Crippen LogP contribution in [0, 0.1) is 11.8 Å². The Kier molecular flexibility index (Phi) is 4.44. The molecule has 4 rings (SSSR count). The minimum Gasteiger partial charge on any atom is -0.353 e. The average Bonchev–Trinajstić information content (AvgIpc) is 2.67. The van der Waals surface area contributed by atoms with Crippen molar-refractivity contribution in [3.05, 3.63) is 83.9 Å². The summed E-state index contributed by atoms with van der Waals surface area (Å²) in [6, 6.07) is 19.9. The topological polar surface area (TPSA) is 27.7 Å². The maximum Gasteiger partial charge on any atom is 0.184 e. The smallest absolute Gasteiger partial charge is 0.184 e. The number of ether oxygens (including phenoxy) is 3. The Labute approximate surface area is 141 Å². The van der Waals surface area contributed by atoms with E-state index < -0.39 is 0 Å². The minimum atomic E-state index is -0.340. The van der Waals surface area contributed by atoms with Gasteiger partial charge >= 0.3 is 0 Å². The highest BCUT2D eigenvalue weighted by Crippen LogP contribution is 2.30. The predicted octanol–water partition coefficient (Wildman–Crippen LogP) is 3.48. The zero-order valence-electron chi connectivity index (χ0n) is 13.2. The third-order valence-corrected chi connectivity index (χ3v) is 4.06. The highest BCUT2D eigenvalue weighted by atomic mass is 16.7. The normalized spacial score (nSPS) is 28.5. The molecule has 0 amide bonds. The van der Waals surface area contributed by atoms with E-state index in [0.29, 0.717) is 6.61 Å². The first-order valence-corrected chi connectivity index (χ1v) is 8.11. The first-order valence-electron chi connectivity index (χ1n) is 8.11. The third kappa shape index (κ3) is 3.42. The fourth-order valence-corrected chi connectivity index (χ4v) is 2.82. The Balaban J connectivity index is 1.43. The van der Waals surface area contributed by atoms with Crippen molar-refractivity contribution in [2.45, 2.75) is 24.6 Å². The van der Waals surface area contributed by atoms with Gasteiger partial charge in [0.15, 0.2) is 6.29 Å². The van der Waals surface area contributed by atoms with Gasteiger partial charge in [-0.2, -0.15) is 0 Å². The molecule has 3 nitrogen and oxygen atoms in total. The maximum atomic E-state index is 6.01. The molecule has 1 saturated heterocycles. The molecule has 2 heterocycles. The molecule has 0 radical (unpaired) electrons. The number of fused-ring (bicyclic) bond motifs is 1. The number of benzene rings is 2. The van der Waals surface area contributed by atoms with E-state index in [1.54, 1.807) is 0 Å². The van der Waals surface area contributed by atoms with Crippen LogP contribution in [0.4, 0.5) is 0 Å². The zero-order chi connectivity index (χ0) is 16.2. The number of hydrogen-bond donors (Lipinski definition) is 0. The second kappa shape index (κ2) is 7.02. The molecule has 120 valence electrons.